The molecule has 156 valence electrons. The molecule has 5 nitrogen and oxygen atoms in total. The van der Waals surface area contributed by atoms with Gasteiger partial charge in [0.2, 0.25) is 5.91 Å². The van der Waals surface area contributed by atoms with Gasteiger partial charge in [0, 0.05) is 25.7 Å². The number of hydrogen-bond acceptors (Lipinski definition) is 4. The first-order chi connectivity index (χ1) is 13.2. The zero-order valence-electron chi connectivity index (χ0n) is 16.0. The predicted octanol–water partition coefficient (Wildman–Crippen LogP) is 4.81. The molecule has 2 heterocycles. The second-order valence-corrected chi connectivity index (χ2v) is 9.20. The molecule has 2 aliphatic rings. The number of nitrogens with one attached hydrogen (secondary N) is 1. The Bertz CT molecular complexity index is 697. The molecule has 2 aliphatic heterocycles. The van der Waals surface area contributed by atoms with Crippen LogP contribution in [0.5, 0.6) is 0 Å². The second-order valence-electron chi connectivity index (χ2n) is 7.63. The molecule has 1 N–H and O–H groups in total. The summed E-state index contributed by atoms with van der Waals surface area (Å²) in [6, 6.07) is 1.81. The number of hydrogen-bond donors (Lipinski definition) is 1. The maximum Gasteiger partial charge on any atom is 0.238 e. The van der Waals surface area contributed by atoms with E-state index in [0.717, 1.165) is 39.0 Å². The lowest BCUT2D eigenvalue weighted by Gasteiger charge is -2.38. The summed E-state index contributed by atoms with van der Waals surface area (Å²) in [5.74, 6) is -0.183. The van der Waals surface area contributed by atoms with Crippen molar-refractivity contribution < 1.29 is 9.53 Å². The minimum absolute atomic E-state index is 0.183. The van der Waals surface area contributed by atoms with Crippen molar-refractivity contribution in [2.75, 3.05) is 38.0 Å². The highest BCUT2D eigenvalue weighted by atomic mass is 35.5. The van der Waals surface area contributed by atoms with Gasteiger partial charge < -0.3 is 10.1 Å². The number of carbonyl (C=O) groups is 1. The van der Waals surface area contributed by atoms with E-state index in [2.05, 4.69) is 29.0 Å². The summed E-state index contributed by atoms with van der Waals surface area (Å²) >= 11 is 24.5. The number of morpholine rings is 1. The second kappa shape index (κ2) is 9.69. The number of halogens is 4. The molecular weight excluding hydrogens is 444 g/mol. The van der Waals surface area contributed by atoms with E-state index >= 15 is 0 Å². The largest absolute Gasteiger partial charge is 0.373 e. The van der Waals surface area contributed by atoms with Gasteiger partial charge in [0.1, 0.15) is 0 Å². The average Bonchev–Trinajstić information content (AvgIpc) is 3.02. The van der Waals surface area contributed by atoms with E-state index < -0.39 is 0 Å². The van der Waals surface area contributed by atoms with Crippen molar-refractivity contribution in [1.29, 1.82) is 0 Å². The summed E-state index contributed by atoms with van der Waals surface area (Å²) in [6.07, 6.45) is 2.63. The summed E-state index contributed by atoms with van der Waals surface area (Å²) in [7, 11) is 0. The average molecular weight is 469 g/mol. The topological polar surface area (TPSA) is 44.8 Å². The standard InChI is InChI=1S/C19H25Cl4N3O2/c1-11-7-25(8-12(2)28-11)9-13-4-3-5-26(13)10-16(27)24-19-17(22)14(20)6-15(21)18(19)23/h6,11-13H,3-5,7-10H2,1-2H3,(H,24,27). The lowest BCUT2D eigenvalue weighted by molar-refractivity contribution is -0.117. The molecule has 0 saturated carbocycles. The van der Waals surface area contributed by atoms with E-state index in [4.69, 9.17) is 51.1 Å². The lowest BCUT2D eigenvalue weighted by atomic mass is 10.1. The van der Waals surface area contributed by atoms with Crippen molar-refractivity contribution >= 4 is 58.0 Å². The van der Waals surface area contributed by atoms with E-state index in [0.29, 0.717) is 6.04 Å². The predicted molar refractivity (Wildman–Crippen MR) is 116 cm³/mol. The maximum absolute atomic E-state index is 12.6. The molecule has 3 rings (SSSR count). The zero-order valence-corrected chi connectivity index (χ0v) is 19.0. The third-order valence-electron chi connectivity index (χ3n) is 5.19. The van der Waals surface area contributed by atoms with Crippen LogP contribution in [-0.2, 0) is 9.53 Å². The lowest BCUT2D eigenvalue weighted by Crippen LogP contribution is -2.50. The molecule has 1 amide bonds. The van der Waals surface area contributed by atoms with Gasteiger partial charge in [-0.1, -0.05) is 46.4 Å². The quantitative estimate of drug-likeness (QED) is 0.629. The highest BCUT2D eigenvalue weighted by Gasteiger charge is 2.31. The Labute approximate surface area is 186 Å². The van der Waals surface area contributed by atoms with Crippen molar-refractivity contribution in [2.45, 2.75) is 44.9 Å². The van der Waals surface area contributed by atoms with Crippen LogP contribution in [0.1, 0.15) is 26.7 Å². The molecule has 2 saturated heterocycles. The van der Waals surface area contributed by atoms with Crippen molar-refractivity contribution in [1.82, 2.24) is 9.80 Å². The first-order valence-corrected chi connectivity index (χ1v) is 11.0. The van der Waals surface area contributed by atoms with Gasteiger partial charge in [-0.3, -0.25) is 14.6 Å². The number of amides is 1. The van der Waals surface area contributed by atoms with Crippen LogP contribution in [0.15, 0.2) is 6.07 Å². The van der Waals surface area contributed by atoms with E-state index in [1.165, 1.54) is 6.07 Å². The van der Waals surface area contributed by atoms with Crippen LogP contribution >= 0.6 is 46.4 Å². The van der Waals surface area contributed by atoms with Crippen LogP contribution in [0.4, 0.5) is 5.69 Å². The van der Waals surface area contributed by atoms with Gasteiger partial charge in [-0.2, -0.15) is 0 Å². The van der Waals surface area contributed by atoms with E-state index in [1.807, 2.05) is 0 Å². The Morgan fingerprint density at radius 2 is 1.75 bits per heavy atom. The minimum atomic E-state index is -0.183. The van der Waals surface area contributed by atoms with Gasteiger partial charge in [-0.15, -0.1) is 0 Å². The van der Waals surface area contributed by atoms with Crippen LogP contribution in [0.2, 0.25) is 20.1 Å². The number of nitrogens with zero attached hydrogens (tertiary/aromatic N) is 2. The molecule has 0 aliphatic carbocycles. The smallest absolute Gasteiger partial charge is 0.238 e. The van der Waals surface area contributed by atoms with Gasteiger partial charge in [-0.05, 0) is 39.3 Å². The number of anilines is 1. The Balaban J connectivity index is 1.61. The van der Waals surface area contributed by atoms with Crippen molar-refractivity contribution in [3.8, 4) is 0 Å². The number of carbonyl (C=O) groups excluding carboxylic acids is 1. The summed E-state index contributed by atoms with van der Waals surface area (Å²) in [6.45, 7) is 8.16. The van der Waals surface area contributed by atoms with Crippen LogP contribution in [0.25, 0.3) is 0 Å². The fraction of sp³-hybridized carbons (Fsp3) is 0.632. The summed E-state index contributed by atoms with van der Waals surface area (Å²) in [5, 5.41) is 3.67. The van der Waals surface area contributed by atoms with Crippen LogP contribution in [0, 0.1) is 0 Å². The number of benzene rings is 1. The van der Waals surface area contributed by atoms with Gasteiger partial charge in [0.05, 0.1) is 44.5 Å². The van der Waals surface area contributed by atoms with Gasteiger partial charge in [-0.25, -0.2) is 0 Å². The summed E-state index contributed by atoms with van der Waals surface area (Å²) < 4.78 is 5.81. The van der Waals surface area contributed by atoms with Gasteiger partial charge in [0.15, 0.2) is 0 Å². The van der Waals surface area contributed by atoms with Crippen molar-refractivity contribution in [3.05, 3.63) is 26.2 Å². The molecule has 1 aromatic carbocycles. The monoisotopic (exact) mass is 467 g/mol. The molecule has 0 bridgehead atoms. The Hall–Kier alpha value is -0.270. The Morgan fingerprint density at radius 1 is 1.14 bits per heavy atom. The zero-order chi connectivity index (χ0) is 20.4. The molecule has 1 aromatic rings. The SMILES string of the molecule is CC1CN(CC2CCCN2CC(=O)Nc2c(Cl)c(Cl)cc(Cl)c2Cl)CC(C)O1. The molecule has 0 spiro atoms. The molecular formula is C19H25Cl4N3O2. The summed E-state index contributed by atoms with van der Waals surface area (Å²) in [5.41, 5.74) is 0.261. The molecule has 0 aromatic heterocycles. The maximum atomic E-state index is 12.6. The highest BCUT2D eigenvalue weighted by molar-refractivity contribution is 6.50. The van der Waals surface area contributed by atoms with E-state index in [1.54, 1.807) is 0 Å². The third kappa shape index (κ3) is 5.45. The summed E-state index contributed by atoms with van der Waals surface area (Å²) in [4.78, 5) is 17.3. The molecule has 2 fully saturated rings. The molecule has 0 radical (unpaired) electrons. The molecule has 28 heavy (non-hydrogen) atoms. The van der Waals surface area contributed by atoms with Crippen LogP contribution in [0.3, 0.4) is 0 Å². The number of rotatable bonds is 5. The van der Waals surface area contributed by atoms with Crippen LogP contribution in [-0.4, -0.2) is 66.7 Å². The normalized spacial score (nSPS) is 26.6. The van der Waals surface area contributed by atoms with E-state index in [-0.39, 0.29) is 50.4 Å². The molecule has 3 atom stereocenters. The molecule has 9 heteroatoms. The fourth-order valence-electron chi connectivity index (χ4n) is 4.09. The van der Waals surface area contributed by atoms with Crippen LogP contribution < -0.4 is 5.32 Å². The number of likely N-dealkylation sites (tertiary alicyclic amines) is 1. The Kier molecular flexibility index (Phi) is 7.76. The molecule has 3 unspecified atom stereocenters. The first-order valence-electron chi connectivity index (χ1n) is 9.49. The van der Waals surface area contributed by atoms with Crippen molar-refractivity contribution in [3.63, 3.8) is 0 Å². The van der Waals surface area contributed by atoms with Gasteiger partial charge in [0.25, 0.3) is 0 Å². The number of ether oxygens (including phenoxy) is 1. The van der Waals surface area contributed by atoms with Crippen molar-refractivity contribution in [2.24, 2.45) is 0 Å². The third-order valence-corrected chi connectivity index (χ3v) is 6.76. The highest BCUT2D eigenvalue weighted by Crippen LogP contribution is 2.41. The van der Waals surface area contributed by atoms with E-state index in [9.17, 15) is 4.79 Å². The Morgan fingerprint density at radius 3 is 2.36 bits per heavy atom. The minimum Gasteiger partial charge on any atom is -0.373 e. The fourth-order valence-corrected chi connectivity index (χ4v) is 4.99. The van der Waals surface area contributed by atoms with Gasteiger partial charge >= 0.3 is 0 Å². The first kappa shape index (κ1) is 22.4.